The minimum absolute atomic E-state index is 0.0296. The normalized spacial score (nSPS) is 13.7. The number of nitrogens with one attached hydrogen (secondary N) is 2. The fourth-order valence-electron chi connectivity index (χ4n) is 3.50. The highest BCUT2D eigenvalue weighted by molar-refractivity contribution is 7.92. The number of hydrogen-bond acceptors (Lipinski definition) is 6. The molecule has 1 saturated heterocycles. The summed E-state index contributed by atoms with van der Waals surface area (Å²) in [6.45, 7) is 2.06. The van der Waals surface area contributed by atoms with E-state index >= 15 is 0 Å². The molecule has 174 valence electrons. The van der Waals surface area contributed by atoms with Crippen molar-refractivity contribution in [1.29, 1.82) is 5.26 Å². The number of benzene rings is 3. The number of hydrogen-bond donors (Lipinski definition) is 2. The zero-order valence-corrected chi connectivity index (χ0v) is 19.6. The Kier molecular flexibility index (Phi) is 7.03. The fraction of sp³-hybridized carbons (Fsp3) is 0.167. The molecule has 1 aliphatic heterocycles. The molecule has 3 aromatic carbocycles. The highest BCUT2D eigenvalue weighted by atomic mass is 35.5. The van der Waals surface area contributed by atoms with Gasteiger partial charge in [0.15, 0.2) is 0 Å². The largest absolute Gasteiger partial charge is 0.378 e. The quantitative estimate of drug-likeness (QED) is 0.531. The smallest absolute Gasteiger partial charge is 0.264 e. The molecule has 0 radical (unpaired) electrons. The Hall–Kier alpha value is -3.58. The van der Waals surface area contributed by atoms with E-state index in [9.17, 15) is 13.2 Å². The third kappa shape index (κ3) is 5.48. The molecule has 8 nitrogen and oxygen atoms in total. The van der Waals surface area contributed by atoms with E-state index < -0.39 is 15.9 Å². The summed E-state index contributed by atoms with van der Waals surface area (Å²) < 4.78 is 34.7. The summed E-state index contributed by atoms with van der Waals surface area (Å²) in [5, 5.41) is 12.2. The van der Waals surface area contributed by atoms with Crippen molar-refractivity contribution >= 4 is 44.6 Å². The molecule has 0 aliphatic carbocycles. The van der Waals surface area contributed by atoms with E-state index in [0.717, 1.165) is 0 Å². The topological polar surface area (TPSA) is 112 Å². The Bertz CT molecular complexity index is 1330. The third-order valence-corrected chi connectivity index (χ3v) is 6.89. The van der Waals surface area contributed by atoms with E-state index in [1.165, 1.54) is 18.2 Å². The number of morpholine rings is 1. The van der Waals surface area contributed by atoms with Gasteiger partial charge in [-0.25, -0.2) is 8.42 Å². The summed E-state index contributed by atoms with van der Waals surface area (Å²) in [5.74, 6) is -0.419. The van der Waals surface area contributed by atoms with Crippen molar-refractivity contribution in [2.45, 2.75) is 4.90 Å². The van der Waals surface area contributed by atoms with Crippen molar-refractivity contribution in [2.75, 3.05) is 41.2 Å². The number of carbonyl (C=O) groups is 1. The molecular weight excluding hydrogens is 476 g/mol. The molecular formula is C24H21ClN4O4S. The van der Waals surface area contributed by atoms with Crippen LogP contribution in [-0.2, 0) is 14.8 Å². The van der Waals surface area contributed by atoms with E-state index in [0.29, 0.717) is 59.5 Å². The number of anilines is 3. The lowest BCUT2D eigenvalue weighted by atomic mass is 10.1. The summed E-state index contributed by atoms with van der Waals surface area (Å²) in [4.78, 5) is 14.7. The molecule has 34 heavy (non-hydrogen) atoms. The first-order chi connectivity index (χ1) is 16.4. The van der Waals surface area contributed by atoms with Crippen molar-refractivity contribution in [3.8, 4) is 6.07 Å². The SMILES string of the molecule is N#Cc1ccc(C(=O)Nc2ccc(N3CCOCC3)c(S(=O)(=O)Nc3ccc(Cl)cc3)c2)cc1. The van der Waals surface area contributed by atoms with Gasteiger partial charge in [-0.05, 0) is 66.7 Å². The Morgan fingerprint density at radius 1 is 0.971 bits per heavy atom. The fourth-order valence-corrected chi connectivity index (χ4v) is 4.94. The van der Waals surface area contributed by atoms with Gasteiger partial charge < -0.3 is 15.0 Å². The molecule has 0 aromatic heterocycles. The molecule has 0 bridgehead atoms. The van der Waals surface area contributed by atoms with Gasteiger partial charge in [-0.3, -0.25) is 9.52 Å². The second kappa shape index (κ2) is 10.1. The number of halogens is 1. The number of rotatable bonds is 6. The molecule has 1 heterocycles. The number of amides is 1. The van der Waals surface area contributed by atoms with Crippen LogP contribution >= 0.6 is 11.6 Å². The predicted molar refractivity (Wildman–Crippen MR) is 131 cm³/mol. The van der Waals surface area contributed by atoms with Crippen LogP contribution in [0.4, 0.5) is 17.1 Å². The molecule has 0 atom stereocenters. The summed E-state index contributed by atoms with van der Waals surface area (Å²) in [7, 11) is -4.00. The number of ether oxygens (including phenoxy) is 1. The standard InChI is InChI=1S/C24H21ClN4O4S/c25-19-5-7-20(8-6-19)28-34(31,32)23-15-21(9-10-22(23)29-11-13-33-14-12-29)27-24(30)18-3-1-17(16-26)2-4-18/h1-10,15,28H,11-14H2,(H,27,30). The van der Waals surface area contributed by atoms with Crippen LogP contribution in [0.5, 0.6) is 0 Å². The van der Waals surface area contributed by atoms with E-state index in [4.69, 9.17) is 21.6 Å². The second-order valence-electron chi connectivity index (χ2n) is 7.54. The monoisotopic (exact) mass is 496 g/mol. The van der Waals surface area contributed by atoms with Crippen LogP contribution in [0.1, 0.15) is 15.9 Å². The molecule has 3 aromatic rings. The highest BCUT2D eigenvalue weighted by Crippen LogP contribution is 2.31. The van der Waals surface area contributed by atoms with Gasteiger partial charge in [-0.1, -0.05) is 11.6 Å². The molecule has 0 spiro atoms. The van der Waals surface area contributed by atoms with Gasteiger partial charge in [-0.2, -0.15) is 5.26 Å². The van der Waals surface area contributed by atoms with Crippen molar-refractivity contribution in [1.82, 2.24) is 0 Å². The first-order valence-corrected chi connectivity index (χ1v) is 12.3. The van der Waals surface area contributed by atoms with Crippen molar-refractivity contribution in [2.24, 2.45) is 0 Å². The number of nitriles is 1. The molecule has 1 aliphatic rings. The van der Waals surface area contributed by atoms with Crippen molar-refractivity contribution in [3.05, 3.63) is 82.9 Å². The zero-order valence-electron chi connectivity index (χ0n) is 18.0. The third-order valence-electron chi connectivity index (χ3n) is 5.23. The Morgan fingerprint density at radius 3 is 2.26 bits per heavy atom. The average molecular weight is 497 g/mol. The summed E-state index contributed by atoms with van der Waals surface area (Å²) in [6, 6.07) is 19.3. The lowest BCUT2D eigenvalue weighted by Crippen LogP contribution is -2.37. The average Bonchev–Trinajstić information content (AvgIpc) is 2.86. The zero-order chi connectivity index (χ0) is 24.1. The van der Waals surface area contributed by atoms with Crippen LogP contribution in [0.25, 0.3) is 0 Å². The Balaban J connectivity index is 1.66. The molecule has 10 heteroatoms. The molecule has 0 saturated carbocycles. The van der Waals surface area contributed by atoms with Crippen LogP contribution < -0.4 is 14.9 Å². The maximum absolute atomic E-state index is 13.4. The maximum atomic E-state index is 13.4. The molecule has 1 fully saturated rings. The maximum Gasteiger partial charge on any atom is 0.264 e. The van der Waals surface area contributed by atoms with Crippen molar-refractivity contribution in [3.63, 3.8) is 0 Å². The van der Waals surface area contributed by atoms with Gasteiger partial charge in [0.2, 0.25) is 0 Å². The Labute approximate surface area is 202 Å². The van der Waals surface area contributed by atoms with Gasteiger partial charge >= 0.3 is 0 Å². The highest BCUT2D eigenvalue weighted by Gasteiger charge is 2.24. The van der Waals surface area contributed by atoms with Crippen LogP contribution in [0.2, 0.25) is 5.02 Å². The number of nitrogens with zero attached hydrogens (tertiary/aromatic N) is 2. The Morgan fingerprint density at radius 2 is 1.62 bits per heavy atom. The molecule has 4 rings (SSSR count). The van der Waals surface area contributed by atoms with Gasteiger partial charge in [-0.15, -0.1) is 0 Å². The van der Waals surface area contributed by atoms with E-state index in [1.54, 1.807) is 48.5 Å². The summed E-state index contributed by atoms with van der Waals surface area (Å²) >= 11 is 5.91. The van der Waals surface area contributed by atoms with Gasteiger partial charge in [0, 0.05) is 35.1 Å². The lowest BCUT2D eigenvalue weighted by molar-refractivity contribution is 0.102. The van der Waals surface area contributed by atoms with Crippen molar-refractivity contribution < 1.29 is 17.9 Å². The second-order valence-corrected chi connectivity index (χ2v) is 9.62. The van der Waals surface area contributed by atoms with Gasteiger partial charge in [0.1, 0.15) is 4.90 Å². The van der Waals surface area contributed by atoms with E-state index in [2.05, 4.69) is 10.0 Å². The van der Waals surface area contributed by atoms with Crippen LogP contribution in [0, 0.1) is 11.3 Å². The summed E-state index contributed by atoms with van der Waals surface area (Å²) in [6.07, 6.45) is 0. The van der Waals surface area contributed by atoms with Crippen LogP contribution in [0.3, 0.4) is 0 Å². The molecule has 1 amide bonds. The van der Waals surface area contributed by atoms with Gasteiger partial charge in [0.05, 0.1) is 30.5 Å². The van der Waals surface area contributed by atoms with Crippen LogP contribution in [-0.4, -0.2) is 40.6 Å². The first-order valence-electron chi connectivity index (χ1n) is 10.4. The first kappa shape index (κ1) is 23.6. The van der Waals surface area contributed by atoms with Crippen LogP contribution in [0.15, 0.2) is 71.6 Å². The lowest BCUT2D eigenvalue weighted by Gasteiger charge is -2.30. The number of carbonyl (C=O) groups excluding carboxylic acids is 1. The van der Waals surface area contributed by atoms with Gasteiger partial charge in [0.25, 0.3) is 15.9 Å². The molecule has 2 N–H and O–H groups in total. The minimum Gasteiger partial charge on any atom is -0.378 e. The predicted octanol–water partition coefficient (Wildman–Crippen LogP) is 4.10. The minimum atomic E-state index is -4.00. The van der Waals surface area contributed by atoms with E-state index in [1.807, 2.05) is 11.0 Å². The molecule has 0 unspecified atom stereocenters. The summed E-state index contributed by atoms with van der Waals surface area (Å²) in [5.41, 5.74) is 1.99. The van der Waals surface area contributed by atoms with E-state index in [-0.39, 0.29) is 4.90 Å². The number of sulfonamides is 1.